The molecule has 1 saturated heterocycles. The predicted molar refractivity (Wildman–Crippen MR) is 89.2 cm³/mol. The molecule has 3 N–H and O–H groups in total. The van der Waals surface area contributed by atoms with E-state index in [9.17, 15) is 13.2 Å². The molecule has 0 bridgehead atoms. The zero-order valence-electron chi connectivity index (χ0n) is 13.7. The average molecular weight is 343 g/mol. The lowest BCUT2D eigenvalue weighted by Gasteiger charge is -2.34. The average Bonchev–Trinajstić information content (AvgIpc) is 3.27. The molecule has 1 aliphatic heterocycles. The maximum atomic E-state index is 12.5. The van der Waals surface area contributed by atoms with Gasteiger partial charge in [-0.2, -0.15) is 0 Å². The molecule has 2 saturated carbocycles. The fourth-order valence-electron chi connectivity index (χ4n) is 3.84. The highest BCUT2D eigenvalue weighted by Crippen LogP contribution is 2.31. The Labute approximate surface area is 139 Å². The first-order valence-corrected chi connectivity index (χ1v) is 10.5. The first-order valence-electron chi connectivity index (χ1n) is 9.00. The molecule has 0 aromatic heterocycles. The molecule has 1 amide bonds. The SMILES string of the molecule is NC(CNS(=O)(=O)C1CCCN(C(=O)C2CCCC2)C1)C1CC1. The van der Waals surface area contributed by atoms with Crippen molar-refractivity contribution < 1.29 is 13.2 Å². The zero-order chi connectivity index (χ0) is 16.4. The Hall–Kier alpha value is -0.660. The van der Waals surface area contributed by atoms with Gasteiger partial charge in [-0.15, -0.1) is 0 Å². The van der Waals surface area contributed by atoms with E-state index in [4.69, 9.17) is 5.73 Å². The molecule has 0 radical (unpaired) electrons. The van der Waals surface area contributed by atoms with E-state index in [0.29, 0.717) is 32.0 Å². The Bertz CT molecular complexity index is 527. The standard InChI is InChI=1S/C16H29N3O3S/c17-15(12-7-8-12)10-18-23(21,22)14-6-3-9-19(11-14)16(20)13-4-1-2-5-13/h12-15,18H,1-11,17H2. The van der Waals surface area contributed by atoms with Crippen LogP contribution in [0, 0.1) is 11.8 Å². The Kier molecular flexibility index (Phi) is 5.28. The molecule has 2 unspecified atom stereocenters. The van der Waals surface area contributed by atoms with Gasteiger partial charge in [0.1, 0.15) is 0 Å². The van der Waals surface area contributed by atoms with Crippen molar-refractivity contribution >= 4 is 15.9 Å². The van der Waals surface area contributed by atoms with E-state index in [1.54, 1.807) is 4.90 Å². The highest BCUT2D eigenvalue weighted by Gasteiger charge is 2.36. The van der Waals surface area contributed by atoms with E-state index in [1.807, 2.05) is 0 Å². The molecule has 3 rings (SSSR count). The molecule has 0 aromatic rings. The number of carbonyl (C=O) groups is 1. The van der Waals surface area contributed by atoms with E-state index in [0.717, 1.165) is 44.9 Å². The van der Waals surface area contributed by atoms with Crippen LogP contribution in [0.2, 0.25) is 0 Å². The largest absolute Gasteiger partial charge is 0.341 e. The van der Waals surface area contributed by atoms with Gasteiger partial charge in [0.15, 0.2) is 0 Å². The van der Waals surface area contributed by atoms with E-state index in [1.165, 1.54) is 0 Å². The van der Waals surface area contributed by atoms with Gasteiger partial charge in [-0.25, -0.2) is 13.1 Å². The fourth-order valence-corrected chi connectivity index (χ4v) is 5.36. The molecule has 0 aromatic carbocycles. The Morgan fingerprint density at radius 2 is 1.83 bits per heavy atom. The van der Waals surface area contributed by atoms with Crippen molar-refractivity contribution in [1.82, 2.24) is 9.62 Å². The summed E-state index contributed by atoms with van der Waals surface area (Å²) in [6.45, 7) is 1.35. The molecule has 6 nitrogen and oxygen atoms in total. The highest BCUT2D eigenvalue weighted by molar-refractivity contribution is 7.90. The summed E-state index contributed by atoms with van der Waals surface area (Å²) >= 11 is 0. The van der Waals surface area contributed by atoms with Gasteiger partial charge in [0, 0.05) is 31.6 Å². The molecular weight excluding hydrogens is 314 g/mol. The lowest BCUT2D eigenvalue weighted by atomic mass is 10.0. The van der Waals surface area contributed by atoms with Crippen LogP contribution < -0.4 is 10.5 Å². The van der Waals surface area contributed by atoms with Crippen molar-refractivity contribution in [2.24, 2.45) is 17.6 Å². The molecular formula is C16H29N3O3S. The van der Waals surface area contributed by atoms with Crippen LogP contribution in [0.5, 0.6) is 0 Å². The molecule has 23 heavy (non-hydrogen) atoms. The Balaban J connectivity index is 1.54. The molecule has 2 aliphatic carbocycles. The van der Waals surface area contributed by atoms with Crippen molar-refractivity contribution in [3.8, 4) is 0 Å². The minimum atomic E-state index is -3.40. The number of piperidine rings is 1. The summed E-state index contributed by atoms with van der Waals surface area (Å²) in [7, 11) is -3.40. The normalized spacial score (nSPS) is 28.0. The third-order valence-corrected chi connectivity index (χ3v) is 7.41. The summed E-state index contributed by atoms with van der Waals surface area (Å²) in [5, 5.41) is -0.493. The zero-order valence-corrected chi connectivity index (χ0v) is 14.6. The second-order valence-corrected chi connectivity index (χ2v) is 9.47. The number of nitrogens with two attached hydrogens (primary N) is 1. The highest BCUT2D eigenvalue weighted by atomic mass is 32.2. The van der Waals surface area contributed by atoms with Crippen LogP contribution in [0.1, 0.15) is 51.4 Å². The van der Waals surface area contributed by atoms with Crippen LogP contribution >= 0.6 is 0 Å². The van der Waals surface area contributed by atoms with Crippen molar-refractivity contribution in [1.29, 1.82) is 0 Å². The number of likely N-dealkylation sites (tertiary alicyclic amines) is 1. The number of hydrogen-bond donors (Lipinski definition) is 2. The number of carbonyl (C=O) groups excluding carboxylic acids is 1. The van der Waals surface area contributed by atoms with Gasteiger partial charge in [-0.3, -0.25) is 4.79 Å². The Morgan fingerprint density at radius 1 is 1.13 bits per heavy atom. The monoisotopic (exact) mass is 343 g/mol. The van der Waals surface area contributed by atoms with Gasteiger partial charge in [0.2, 0.25) is 15.9 Å². The van der Waals surface area contributed by atoms with Crippen molar-refractivity contribution in [2.75, 3.05) is 19.6 Å². The summed E-state index contributed by atoms with van der Waals surface area (Å²) in [4.78, 5) is 14.3. The first-order chi connectivity index (χ1) is 11.0. The lowest BCUT2D eigenvalue weighted by molar-refractivity contribution is -0.136. The summed E-state index contributed by atoms with van der Waals surface area (Å²) in [6.07, 6.45) is 7.76. The summed E-state index contributed by atoms with van der Waals surface area (Å²) in [5.74, 6) is 0.759. The minimum absolute atomic E-state index is 0.0791. The van der Waals surface area contributed by atoms with Crippen molar-refractivity contribution in [3.05, 3.63) is 0 Å². The van der Waals surface area contributed by atoms with Crippen LogP contribution in [-0.2, 0) is 14.8 Å². The van der Waals surface area contributed by atoms with E-state index >= 15 is 0 Å². The number of amides is 1. The number of nitrogens with zero attached hydrogens (tertiary/aromatic N) is 1. The maximum absolute atomic E-state index is 12.5. The second-order valence-electron chi connectivity index (χ2n) is 7.42. The second kappa shape index (κ2) is 7.07. The third-order valence-electron chi connectivity index (χ3n) is 5.58. The molecule has 132 valence electrons. The van der Waals surface area contributed by atoms with Gasteiger partial charge in [0.05, 0.1) is 5.25 Å². The minimum Gasteiger partial charge on any atom is -0.341 e. The van der Waals surface area contributed by atoms with Crippen LogP contribution in [-0.4, -0.2) is 50.2 Å². The van der Waals surface area contributed by atoms with Gasteiger partial charge in [-0.05, 0) is 44.4 Å². The van der Waals surface area contributed by atoms with Crippen LogP contribution in [0.25, 0.3) is 0 Å². The van der Waals surface area contributed by atoms with E-state index < -0.39 is 15.3 Å². The third kappa shape index (κ3) is 4.25. The molecule has 1 heterocycles. The van der Waals surface area contributed by atoms with Crippen molar-refractivity contribution in [3.63, 3.8) is 0 Å². The Morgan fingerprint density at radius 3 is 2.48 bits per heavy atom. The first kappa shape index (κ1) is 17.2. The van der Waals surface area contributed by atoms with Gasteiger partial charge in [0.25, 0.3) is 0 Å². The molecule has 0 spiro atoms. The summed E-state index contributed by atoms with van der Waals surface area (Å²) in [6, 6.07) is -0.0791. The lowest BCUT2D eigenvalue weighted by Crippen LogP contribution is -2.51. The smallest absolute Gasteiger partial charge is 0.225 e. The number of nitrogens with one attached hydrogen (secondary N) is 1. The summed E-state index contributed by atoms with van der Waals surface area (Å²) < 4.78 is 27.7. The molecule has 2 atom stereocenters. The van der Waals surface area contributed by atoms with Crippen LogP contribution in [0.4, 0.5) is 0 Å². The molecule has 3 fully saturated rings. The molecule has 7 heteroatoms. The molecule has 3 aliphatic rings. The van der Waals surface area contributed by atoms with E-state index in [2.05, 4.69) is 4.72 Å². The predicted octanol–water partition coefficient (Wildman–Crippen LogP) is 0.824. The van der Waals surface area contributed by atoms with Gasteiger partial charge < -0.3 is 10.6 Å². The fraction of sp³-hybridized carbons (Fsp3) is 0.938. The van der Waals surface area contributed by atoms with Crippen molar-refractivity contribution in [2.45, 2.75) is 62.7 Å². The quantitative estimate of drug-likeness (QED) is 0.747. The number of hydrogen-bond acceptors (Lipinski definition) is 4. The van der Waals surface area contributed by atoms with Gasteiger partial charge >= 0.3 is 0 Å². The van der Waals surface area contributed by atoms with Crippen LogP contribution in [0.3, 0.4) is 0 Å². The van der Waals surface area contributed by atoms with Gasteiger partial charge in [-0.1, -0.05) is 12.8 Å². The topological polar surface area (TPSA) is 92.5 Å². The van der Waals surface area contributed by atoms with Crippen LogP contribution in [0.15, 0.2) is 0 Å². The number of rotatable bonds is 6. The number of sulfonamides is 1. The van der Waals surface area contributed by atoms with E-state index in [-0.39, 0.29) is 17.9 Å². The summed E-state index contributed by atoms with van der Waals surface area (Å²) in [5.41, 5.74) is 5.98. The maximum Gasteiger partial charge on any atom is 0.225 e.